The molecule has 1 amide bonds. The number of carbonyl (C=O) groups is 2. The Hall–Kier alpha value is -3.51. The van der Waals surface area contributed by atoms with Crippen LogP contribution >= 0.6 is 15.9 Å². The maximum atomic E-state index is 13.5. The first-order valence-electron chi connectivity index (χ1n) is 10.6. The predicted octanol–water partition coefficient (Wildman–Crippen LogP) is 5.88. The molecule has 0 aliphatic carbocycles. The van der Waals surface area contributed by atoms with Crippen molar-refractivity contribution < 1.29 is 14.7 Å². The average molecular weight is 503 g/mol. The van der Waals surface area contributed by atoms with Crippen LogP contribution in [0.2, 0.25) is 0 Å². The van der Waals surface area contributed by atoms with Crippen molar-refractivity contribution in [2.24, 2.45) is 0 Å². The van der Waals surface area contributed by atoms with Gasteiger partial charge in [0.25, 0.3) is 5.91 Å². The summed E-state index contributed by atoms with van der Waals surface area (Å²) in [7, 11) is 0. The number of fused-ring (bicyclic) bond motifs is 1. The lowest BCUT2D eigenvalue weighted by Gasteiger charge is -2.17. The van der Waals surface area contributed by atoms with Crippen molar-refractivity contribution in [2.45, 2.75) is 19.8 Å². The topological polar surface area (TPSA) is 79.3 Å². The number of aryl methyl sites for hydroxylation is 1. The van der Waals surface area contributed by atoms with E-state index >= 15 is 0 Å². The van der Waals surface area contributed by atoms with Gasteiger partial charge in [0, 0.05) is 22.0 Å². The Morgan fingerprint density at radius 2 is 1.76 bits per heavy atom. The monoisotopic (exact) mass is 502 g/mol. The normalized spacial score (nSPS) is 11.8. The number of hydrogen-bond acceptors (Lipinski definition) is 3. The molecule has 0 radical (unpaired) electrons. The minimum absolute atomic E-state index is 0.0183. The number of rotatable bonds is 6. The number of amides is 1. The van der Waals surface area contributed by atoms with Crippen molar-refractivity contribution in [3.63, 3.8) is 0 Å². The maximum absolute atomic E-state index is 13.5. The molecule has 1 unspecified atom stereocenters. The molecule has 1 heterocycles. The van der Waals surface area contributed by atoms with Gasteiger partial charge in [-0.15, -0.1) is 0 Å². The highest BCUT2D eigenvalue weighted by Crippen LogP contribution is 2.31. The number of nitrogens with one attached hydrogen (secondary N) is 1. The molecule has 33 heavy (non-hydrogen) atoms. The van der Waals surface area contributed by atoms with Gasteiger partial charge in [-0.2, -0.15) is 0 Å². The Bertz CT molecular complexity index is 1350. The molecule has 1 aromatic heterocycles. The van der Waals surface area contributed by atoms with Crippen LogP contribution in [0.4, 0.5) is 0 Å². The van der Waals surface area contributed by atoms with Crippen LogP contribution in [0.15, 0.2) is 77.3 Å². The quantitative estimate of drug-likeness (QED) is 0.345. The highest BCUT2D eigenvalue weighted by molar-refractivity contribution is 9.10. The number of hydrogen-bond donors (Lipinski definition) is 2. The zero-order chi connectivity index (χ0) is 23.5. The summed E-state index contributed by atoms with van der Waals surface area (Å²) in [5, 5.41) is 13.4. The van der Waals surface area contributed by atoms with Crippen LogP contribution in [-0.2, 0) is 4.79 Å². The van der Waals surface area contributed by atoms with Gasteiger partial charge in [0.05, 0.1) is 22.7 Å². The molecule has 166 valence electrons. The second kappa shape index (κ2) is 9.55. The van der Waals surface area contributed by atoms with Crippen LogP contribution in [0.5, 0.6) is 0 Å². The lowest BCUT2D eigenvalue weighted by Crippen LogP contribution is -2.32. The molecule has 0 saturated heterocycles. The van der Waals surface area contributed by atoms with Crippen molar-refractivity contribution in [3.8, 4) is 11.3 Å². The van der Waals surface area contributed by atoms with Gasteiger partial charge in [-0.3, -0.25) is 9.59 Å². The number of aromatic nitrogens is 1. The third-order valence-corrected chi connectivity index (χ3v) is 6.17. The van der Waals surface area contributed by atoms with Gasteiger partial charge < -0.3 is 10.4 Å². The number of halogens is 1. The van der Waals surface area contributed by atoms with Crippen molar-refractivity contribution in [1.82, 2.24) is 10.3 Å². The number of aliphatic carboxylic acids is 1. The first-order valence-corrected chi connectivity index (χ1v) is 11.4. The second-order valence-electron chi connectivity index (χ2n) is 8.00. The van der Waals surface area contributed by atoms with Gasteiger partial charge >= 0.3 is 5.97 Å². The lowest BCUT2D eigenvalue weighted by atomic mass is 9.95. The van der Waals surface area contributed by atoms with Gasteiger partial charge in [-0.1, -0.05) is 76.1 Å². The lowest BCUT2D eigenvalue weighted by molar-refractivity contribution is -0.138. The zero-order valence-electron chi connectivity index (χ0n) is 18.3. The minimum Gasteiger partial charge on any atom is -0.481 e. The molecule has 0 aliphatic rings. The van der Waals surface area contributed by atoms with Crippen LogP contribution in [0.3, 0.4) is 0 Å². The van der Waals surface area contributed by atoms with Crippen molar-refractivity contribution >= 4 is 38.7 Å². The molecular formula is C27H23BrN2O3. The van der Waals surface area contributed by atoms with E-state index in [-0.39, 0.29) is 12.5 Å². The highest BCUT2D eigenvalue weighted by atomic mass is 79.9. The Morgan fingerprint density at radius 1 is 1.00 bits per heavy atom. The number of benzene rings is 3. The van der Waals surface area contributed by atoms with E-state index < -0.39 is 11.9 Å². The third-order valence-electron chi connectivity index (χ3n) is 5.67. The fourth-order valence-electron chi connectivity index (χ4n) is 4.02. The van der Waals surface area contributed by atoms with Crippen molar-refractivity contribution in [1.29, 1.82) is 0 Å². The molecule has 0 spiro atoms. The number of pyridine rings is 1. The molecule has 0 fully saturated rings. The summed E-state index contributed by atoms with van der Waals surface area (Å²) in [6.45, 7) is 3.77. The van der Waals surface area contributed by atoms with Gasteiger partial charge in [-0.25, -0.2) is 4.98 Å². The molecule has 3 aromatic carbocycles. The molecule has 5 nitrogen and oxygen atoms in total. The minimum atomic E-state index is -0.982. The Kier molecular flexibility index (Phi) is 6.56. The summed E-state index contributed by atoms with van der Waals surface area (Å²) in [6.07, 6.45) is 0. The van der Waals surface area contributed by atoms with Gasteiger partial charge in [0.15, 0.2) is 0 Å². The van der Waals surface area contributed by atoms with E-state index in [0.29, 0.717) is 22.0 Å². The summed E-state index contributed by atoms with van der Waals surface area (Å²) < 4.78 is 0.834. The van der Waals surface area contributed by atoms with E-state index in [1.165, 1.54) is 0 Å². The van der Waals surface area contributed by atoms with E-state index in [0.717, 1.165) is 26.9 Å². The molecule has 0 bridgehead atoms. The molecule has 4 aromatic rings. The fourth-order valence-corrected chi connectivity index (χ4v) is 4.38. The standard InChI is InChI=1S/C27H23BrN2O3/c1-16-7-6-10-19(13-16)22(27(32)33)15-29-26(31)24-17(2)25(18-8-4-3-5-9-18)30-23-12-11-20(28)14-21(23)24/h3-14,22H,15H2,1-2H3,(H,29,31)(H,32,33). The van der Waals surface area contributed by atoms with E-state index in [4.69, 9.17) is 4.98 Å². The average Bonchev–Trinajstić information content (AvgIpc) is 2.79. The number of carboxylic acids is 1. The number of carbonyl (C=O) groups excluding carboxylic acids is 1. The van der Waals surface area contributed by atoms with Crippen LogP contribution in [0, 0.1) is 13.8 Å². The van der Waals surface area contributed by atoms with Gasteiger partial charge in [0.2, 0.25) is 0 Å². The smallest absolute Gasteiger partial charge is 0.312 e. The van der Waals surface area contributed by atoms with Crippen molar-refractivity contribution in [2.75, 3.05) is 6.54 Å². The summed E-state index contributed by atoms with van der Waals surface area (Å²) in [5.41, 5.74) is 5.20. The van der Waals surface area contributed by atoms with E-state index in [1.54, 1.807) is 6.07 Å². The first-order chi connectivity index (χ1) is 15.8. The largest absolute Gasteiger partial charge is 0.481 e. The molecule has 6 heteroatoms. The van der Waals surface area contributed by atoms with E-state index in [2.05, 4.69) is 21.2 Å². The summed E-state index contributed by atoms with van der Waals surface area (Å²) in [6, 6.07) is 22.7. The predicted molar refractivity (Wildman–Crippen MR) is 134 cm³/mol. The SMILES string of the molecule is Cc1cccc(C(CNC(=O)c2c(C)c(-c3ccccc3)nc3ccc(Br)cc23)C(=O)O)c1. The highest BCUT2D eigenvalue weighted by Gasteiger charge is 2.24. The Labute approximate surface area is 200 Å². The first kappa shape index (κ1) is 22.7. The third kappa shape index (κ3) is 4.81. The fraction of sp³-hybridized carbons (Fsp3) is 0.148. The molecule has 0 aliphatic heterocycles. The number of carboxylic acid groups (broad SMARTS) is 1. The second-order valence-corrected chi connectivity index (χ2v) is 8.92. The van der Waals surface area contributed by atoms with E-state index in [1.807, 2.05) is 80.6 Å². The molecule has 4 rings (SSSR count). The summed E-state index contributed by atoms with van der Waals surface area (Å²) in [4.78, 5) is 30.2. The molecular weight excluding hydrogens is 480 g/mol. The van der Waals surface area contributed by atoms with Crippen molar-refractivity contribution in [3.05, 3.63) is 99.5 Å². The van der Waals surface area contributed by atoms with E-state index in [9.17, 15) is 14.7 Å². The van der Waals surface area contributed by atoms with Crippen LogP contribution in [0.1, 0.15) is 33.0 Å². The van der Waals surface area contributed by atoms with Crippen LogP contribution < -0.4 is 5.32 Å². The number of nitrogens with zero attached hydrogens (tertiary/aromatic N) is 1. The zero-order valence-corrected chi connectivity index (χ0v) is 19.9. The maximum Gasteiger partial charge on any atom is 0.312 e. The summed E-state index contributed by atoms with van der Waals surface area (Å²) >= 11 is 3.49. The summed E-state index contributed by atoms with van der Waals surface area (Å²) in [5.74, 6) is -2.15. The van der Waals surface area contributed by atoms with Gasteiger partial charge in [-0.05, 0) is 43.2 Å². The molecule has 0 saturated carbocycles. The van der Waals surface area contributed by atoms with Crippen LogP contribution in [0.25, 0.3) is 22.2 Å². The van der Waals surface area contributed by atoms with Crippen LogP contribution in [-0.4, -0.2) is 28.5 Å². The molecule has 2 N–H and O–H groups in total. The Morgan fingerprint density at radius 3 is 2.45 bits per heavy atom. The Balaban J connectivity index is 1.74. The molecule has 1 atom stereocenters. The van der Waals surface area contributed by atoms with Gasteiger partial charge in [0.1, 0.15) is 0 Å².